The van der Waals surface area contributed by atoms with E-state index in [1.165, 1.54) is 4.90 Å². The molecule has 0 aromatic heterocycles. The van der Waals surface area contributed by atoms with E-state index in [0.717, 1.165) is 25.9 Å². The number of rotatable bonds is 16. The van der Waals surface area contributed by atoms with Gasteiger partial charge in [0, 0.05) is 13.6 Å². The third-order valence-electron chi connectivity index (χ3n) is 4.26. The van der Waals surface area contributed by atoms with E-state index in [1.54, 1.807) is 7.05 Å². The number of hydrogen-bond acceptors (Lipinski definition) is 8. The molecule has 0 bridgehead atoms. The van der Waals surface area contributed by atoms with Gasteiger partial charge >= 0.3 is 6.09 Å². The summed E-state index contributed by atoms with van der Waals surface area (Å²) in [4.78, 5) is 13.3. The second kappa shape index (κ2) is 16.7. The highest BCUT2D eigenvalue weighted by Crippen LogP contribution is 2.09. The summed E-state index contributed by atoms with van der Waals surface area (Å²) in [7, 11) is 1.69. The number of carbonyl (C=O) groups is 1. The van der Waals surface area contributed by atoms with Crippen LogP contribution in [0.3, 0.4) is 0 Å². The van der Waals surface area contributed by atoms with Gasteiger partial charge in [0.2, 0.25) is 0 Å². The van der Waals surface area contributed by atoms with Crippen molar-refractivity contribution in [2.75, 3.05) is 86.1 Å². The van der Waals surface area contributed by atoms with Crippen molar-refractivity contribution < 1.29 is 33.2 Å². The lowest BCUT2D eigenvalue weighted by atomic mass is 10.1. The maximum absolute atomic E-state index is 11.8. The monoisotopic (exact) mass is 434 g/mol. The minimum atomic E-state index is -0.491. The van der Waals surface area contributed by atoms with E-state index >= 15 is 0 Å². The highest BCUT2D eigenvalue weighted by molar-refractivity contribution is 5.67. The first-order valence-electron chi connectivity index (χ1n) is 11.0. The van der Waals surface area contributed by atoms with Gasteiger partial charge in [-0.05, 0) is 46.7 Å². The molecule has 0 unspecified atom stereocenters. The smallest absolute Gasteiger partial charge is 0.410 e. The van der Waals surface area contributed by atoms with Crippen molar-refractivity contribution in [3.8, 4) is 0 Å². The van der Waals surface area contributed by atoms with Crippen LogP contribution in [0.15, 0.2) is 0 Å². The Morgan fingerprint density at radius 3 is 1.80 bits per heavy atom. The van der Waals surface area contributed by atoms with Crippen molar-refractivity contribution in [3.05, 3.63) is 0 Å². The van der Waals surface area contributed by atoms with E-state index in [2.05, 4.69) is 5.32 Å². The summed E-state index contributed by atoms with van der Waals surface area (Å²) in [6.45, 7) is 12.9. The van der Waals surface area contributed by atoms with Gasteiger partial charge in [0.15, 0.2) is 0 Å². The second-order valence-electron chi connectivity index (χ2n) is 8.17. The summed E-state index contributed by atoms with van der Waals surface area (Å²) >= 11 is 0. The number of ether oxygens (including phenoxy) is 6. The quantitative estimate of drug-likeness (QED) is 0.367. The van der Waals surface area contributed by atoms with Crippen molar-refractivity contribution >= 4 is 6.09 Å². The maximum Gasteiger partial charge on any atom is 0.410 e. The fourth-order valence-electron chi connectivity index (χ4n) is 2.63. The second-order valence-corrected chi connectivity index (χ2v) is 8.17. The highest BCUT2D eigenvalue weighted by Gasteiger charge is 2.19. The molecular weight excluding hydrogens is 392 g/mol. The summed E-state index contributed by atoms with van der Waals surface area (Å²) in [5.74, 6) is 0. The molecule has 0 aliphatic carbocycles. The molecule has 1 amide bonds. The van der Waals surface area contributed by atoms with Crippen LogP contribution in [0.25, 0.3) is 0 Å². The molecule has 1 aliphatic heterocycles. The first kappa shape index (κ1) is 27.1. The van der Waals surface area contributed by atoms with Gasteiger partial charge in [-0.25, -0.2) is 4.79 Å². The van der Waals surface area contributed by atoms with Crippen LogP contribution in [0.4, 0.5) is 4.79 Å². The molecule has 0 radical (unpaired) electrons. The highest BCUT2D eigenvalue weighted by atomic mass is 16.6. The number of carbonyl (C=O) groups excluding carboxylic acids is 1. The van der Waals surface area contributed by atoms with Crippen molar-refractivity contribution in [1.29, 1.82) is 0 Å². The summed E-state index contributed by atoms with van der Waals surface area (Å²) in [5, 5.41) is 3.32. The Hall–Kier alpha value is -0.970. The zero-order valence-electron chi connectivity index (χ0n) is 19.3. The van der Waals surface area contributed by atoms with Gasteiger partial charge in [0.05, 0.1) is 65.6 Å². The van der Waals surface area contributed by atoms with Gasteiger partial charge in [-0.2, -0.15) is 0 Å². The molecule has 9 heteroatoms. The zero-order chi connectivity index (χ0) is 22.1. The van der Waals surface area contributed by atoms with Crippen molar-refractivity contribution in [2.24, 2.45) is 0 Å². The van der Waals surface area contributed by atoms with Crippen LogP contribution in [0.1, 0.15) is 33.6 Å². The van der Waals surface area contributed by atoms with Gasteiger partial charge in [0.1, 0.15) is 5.60 Å². The molecule has 0 atom stereocenters. The van der Waals surface area contributed by atoms with E-state index in [0.29, 0.717) is 72.1 Å². The molecule has 0 aromatic rings. The number of hydrogen-bond donors (Lipinski definition) is 1. The van der Waals surface area contributed by atoms with Crippen LogP contribution in [0, 0.1) is 0 Å². The summed E-state index contributed by atoms with van der Waals surface area (Å²) in [6.07, 6.45) is 2.19. The lowest BCUT2D eigenvalue weighted by Crippen LogP contribution is -2.36. The topological polar surface area (TPSA) is 87.7 Å². The fraction of sp³-hybridized carbons (Fsp3) is 0.952. The SMILES string of the molecule is CN(CCOCCOCCOCCOCCOC1CCNCC1)C(=O)OC(C)(C)C. The Morgan fingerprint density at radius 1 is 0.833 bits per heavy atom. The van der Waals surface area contributed by atoms with E-state index in [-0.39, 0.29) is 6.09 Å². The van der Waals surface area contributed by atoms with Crippen molar-refractivity contribution in [3.63, 3.8) is 0 Å². The van der Waals surface area contributed by atoms with E-state index in [9.17, 15) is 4.79 Å². The predicted octanol–water partition coefficient (Wildman–Crippen LogP) is 1.69. The number of amides is 1. The average molecular weight is 435 g/mol. The molecule has 0 aromatic carbocycles. The molecule has 1 aliphatic rings. The molecule has 1 rings (SSSR count). The average Bonchev–Trinajstić information content (AvgIpc) is 2.70. The Morgan fingerprint density at radius 2 is 1.30 bits per heavy atom. The summed E-state index contributed by atoms with van der Waals surface area (Å²) in [5.41, 5.74) is -0.491. The lowest BCUT2D eigenvalue weighted by molar-refractivity contribution is -0.0284. The van der Waals surface area contributed by atoms with Crippen molar-refractivity contribution in [1.82, 2.24) is 10.2 Å². The predicted molar refractivity (Wildman–Crippen MR) is 114 cm³/mol. The van der Waals surface area contributed by atoms with Gasteiger partial charge in [-0.1, -0.05) is 0 Å². The van der Waals surface area contributed by atoms with Crippen LogP contribution >= 0.6 is 0 Å². The Labute approximate surface area is 181 Å². The molecule has 0 spiro atoms. The van der Waals surface area contributed by atoms with Crippen LogP contribution in [-0.4, -0.2) is 109 Å². The standard InChI is InChI=1S/C21H42N2O7/c1-21(2,3)30-20(24)23(4)9-10-25-11-12-26-13-14-27-15-16-28-17-18-29-19-5-7-22-8-6-19/h19,22H,5-18H2,1-4H3. The van der Waals surface area contributed by atoms with Gasteiger partial charge < -0.3 is 38.6 Å². The molecule has 1 saturated heterocycles. The van der Waals surface area contributed by atoms with E-state index in [4.69, 9.17) is 28.4 Å². The number of piperidine rings is 1. The van der Waals surface area contributed by atoms with Crippen LogP contribution < -0.4 is 5.32 Å². The van der Waals surface area contributed by atoms with E-state index in [1.807, 2.05) is 20.8 Å². The van der Waals surface area contributed by atoms with E-state index < -0.39 is 5.60 Å². The Bertz CT molecular complexity index is 426. The molecule has 1 heterocycles. The molecule has 1 fully saturated rings. The number of likely N-dealkylation sites (N-methyl/N-ethyl adjacent to an activating group) is 1. The first-order valence-corrected chi connectivity index (χ1v) is 11.0. The molecule has 0 saturated carbocycles. The number of nitrogens with zero attached hydrogens (tertiary/aromatic N) is 1. The van der Waals surface area contributed by atoms with Gasteiger partial charge in [0.25, 0.3) is 0 Å². The lowest BCUT2D eigenvalue weighted by Gasteiger charge is -2.24. The van der Waals surface area contributed by atoms with Crippen LogP contribution in [-0.2, 0) is 28.4 Å². The molecule has 30 heavy (non-hydrogen) atoms. The minimum absolute atomic E-state index is 0.349. The maximum atomic E-state index is 11.8. The van der Waals surface area contributed by atoms with Gasteiger partial charge in [-0.3, -0.25) is 0 Å². The van der Waals surface area contributed by atoms with Crippen molar-refractivity contribution in [2.45, 2.75) is 45.3 Å². The van der Waals surface area contributed by atoms with Gasteiger partial charge in [-0.15, -0.1) is 0 Å². The Kier molecular flexibility index (Phi) is 15.1. The largest absolute Gasteiger partial charge is 0.444 e. The Balaban J connectivity index is 1.76. The third-order valence-corrected chi connectivity index (χ3v) is 4.26. The molecule has 178 valence electrons. The summed E-state index contributed by atoms with van der Waals surface area (Å²) < 4.78 is 32.9. The van der Waals surface area contributed by atoms with Crippen LogP contribution in [0.2, 0.25) is 0 Å². The van der Waals surface area contributed by atoms with Crippen LogP contribution in [0.5, 0.6) is 0 Å². The first-order chi connectivity index (χ1) is 14.4. The zero-order valence-corrected chi connectivity index (χ0v) is 19.3. The number of nitrogens with one attached hydrogen (secondary N) is 1. The fourth-order valence-corrected chi connectivity index (χ4v) is 2.63. The summed E-state index contributed by atoms with van der Waals surface area (Å²) in [6, 6.07) is 0. The minimum Gasteiger partial charge on any atom is -0.444 e. The molecule has 1 N–H and O–H groups in total. The normalized spacial score (nSPS) is 15.3. The molecule has 9 nitrogen and oxygen atoms in total. The third kappa shape index (κ3) is 15.8. The molecular formula is C21H42N2O7.